The number of nitrogens with two attached hydrogens (primary N) is 1. The van der Waals surface area contributed by atoms with Crippen LogP contribution in [0, 0.1) is 13.8 Å². The number of aromatic nitrogens is 2. The van der Waals surface area contributed by atoms with Crippen molar-refractivity contribution in [2.24, 2.45) is 0 Å². The number of hydrogen-bond acceptors (Lipinski definition) is 4. The summed E-state index contributed by atoms with van der Waals surface area (Å²) in [6.45, 7) is 4.07. The van der Waals surface area contributed by atoms with Crippen molar-refractivity contribution in [2.75, 3.05) is 17.7 Å². The highest BCUT2D eigenvalue weighted by atomic mass is 15.2. The van der Waals surface area contributed by atoms with Crippen molar-refractivity contribution in [1.82, 2.24) is 9.97 Å². The molecule has 0 atom stereocenters. The molecule has 20 heavy (non-hydrogen) atoms. The maximum Gasteiger partial charge on any atom is 0.141 e. The highest BCUT2D eigenvalue weighted by Gasteiger charge is 2.28. The molecule has 1 aromatic carbocycles. The zero-order chi connectivity index (χ0) is 14.3. The lowest BCUT2D eigenvalue weighted by Gasteiger charge is -2.22. The van der Waals surface area contributed by atoms with Gasteiger partial charge in [0.1, 0.15) is 17.5 Å². The monoisotopic (exact) mass is 268 g/mol. The molecule has 4 heteroatoms. The van der Waals surface area contributed by atoms with Crippen molar-refractivity contribution in [3.63, 3.8) is 0 Å². The second-order valence-corrected chi connectivity index (χ2v) is 5.59. The molecule has 2 N–H and O–H groups in total. The Hall–Kier alpha value is -2.10. The van der Waals surface area contributed by atoms with Gasteiger partial charge in [-0.15, -0.1) is 0 Å². The number of nitrogen functional groups attached to an aromatic ring is 1. The first kappa shape index (κ1) is 12.9. The van der Waals surface area contributed by atoms with Crippen LogP contribution in [0.5, 0.6) is 0 Å². The van der Waals surface area contributed by atoms with Gasteiger partial charge in [-0.1, -0.05) is 12.1 Å². The molecular formula is C16H20N4. The summed E-state index contributed by atoms with van der Waals surface area (Å²) >= 11 is 0. The summed E-state index contributed by atoms with van der Waals surface area (Å²) in [5.41, 5.74) is 9.35. The maximum atomic E-state index is 6.06. The molecule has 0 spiro atoms. The van der Waals surface area contributed by atoms with Crippen molar-refractivity contribution >= 4 is 17.3 Å². The van der Waals surface area contributed by atoms with Crippen molar-refractivity contribution in [3.05, 3.63) is 41.2 Å². The fourth-order valence-corrected chi connectivity index (χ4v) is 2.35. The summed E-state index contributed by atoms with van der Waals surface area (Å²) in [4.78, 5) is 11.3. The first-order chi connectivity index (χ1) is 9.56. The fourth-order valence-electron chi connectivity index (χ4n) is 2.35. The third kappa shape index (κ3) is 2.33. The fraction of sp³-hybridized carbons (Fsp3) is 0.375. The van der Waals surface area contributed by atoms with Crippen LogP contribution in [0.3, 0.4) is 0 Å². The molecule has 3 rings (SSSR count). The zero-order valence-electron chi connectivity index (χ0n) is 12.2. The average molecular weight is 268 g/mol. The van der Waals surface area contributed by atoms with Gasteiger partial charge < -0.3 is 10.6 Å². The van der Waals surface area contributed by atoms with Gasteiger partial charge >= 0.3 is 0 Å². The Balaban J connectivity index is 2.04. The molecule has 1 aliphatic rings. The number of aryl methyl sites for hydroxylation is 1. The van der Waals surface area contributed by atoms with Crippen LogP contribution in [0.15, 0.2) is 24.3 Å². The normalized spacial score (nSPS) is 14.3. The summed E-state index contributed by atoms with van der Waals surface area (Å²) in [5, 5.41) is 0. The third-order valence-corrected chi connectivity index (χ3v) is 3.82. The Morgan fingerprint density at radius 2 is 1.95 bits per heavy atom. The molecule has 0 unspecified atom stereocenters. The predicted octanol–water partition coefficient (Wildman–Crippen LogP) is 3.32. The molecule has 104 valence electrons. The molecule has 1 fully saturated rings. The minimum atomic E-state index is 0.502. The Labute approximate surface area is 119 Å². The summed E-state index contributed by atoms with van der Waals surface area (Å²) in [5.74, 6) is 2.89. The van der Waals surface area contributed by atoms with Gasteiger partial charge in [0.15, 0.2) is 0 Å². The average Bonchev–Trinajstić information content (AvgIpc) is 3.25. The van der Waals surface area contributed by atoms with Crippen LogP contribution in [-0.4, -0.2) is 17.0 Å². The largest absolute Gasteiger partial charge is 0.383 e. The molecule has 1 heterocycles. The van der Waals surface area contributed by atoms with Crippen LogP contribution in [-0.2, 0) is 0 Å². The predicted molar refractivity (Wildman–Crippen MR) is 82.4 cm³/mol. The van der Waals surface area contributed by atoms with E-state index in [1.807, 2.05) is 14.0 Å². The molecule has 0 amide bonds. The van der Waals surface area contributed by atoms with Crippen LogP contribution >= 0.6 is 0 Å². The first-order valence-electron chi connectivity index (χ1n) is 7.00. The van der Waals surface area contributed by atoms with E-state index in [9.17, 15) is 0 Å². The maximum absolute atomic E-state index is 6.06. The number of rotatable bonds is 3. The topological polar surface area (TPSA) is 55.0 Å². The SMILES string of the molecule is Cc1cccc(N(C)c2nc(C3CC3)nc(N)c2C)c1. The molecule has 1 aromatic heterocycles. The molecule has 1 saturated carbocycles. The molecular weight excluding hydrogens is 248 g/mol. The minimum Gasteiger partial charge on any atom is -0.383 e. The van der Waals surface area contributed by atoms with E-state index in [1.54, 1.807) is 0 Å². The highest BCUT2D eigenvalue weighted by molar-refractivity contribution is 5.66. The summed E-state index contributed by atoms with van der Waals surface area (Å²) < 4.78 is 0. The lowest BCUT2D eigenvalue weighted by atomic mass is 10.2. The summed E-state index contributed by atoms with van der Waals surface area (Å²) in [7, 11) is 2.03. The van der Waals surface area contributed by atoms with E-state index in [-0.39, 0.29) is 0 Å². The third-order valence-electron chi connectivity index (χ3n) is 3.82. The van der Waals surface area contributed by atoms with Crippen LogP contribution in [0.4, 0.5) is 17.3 Å². The molecule has 0 bridgehead atoms. The van der Waals surface area contributed by atoms with E-state index in [0.29, 0.717) is 11.7 Å². The van der Waals surface area contributed by atoms with Gasteiger partial charge in [-0.25, -0.2) is 9.97 Å². The Morgan fingerprint density at radius 3 is 2.60 bits per heavy atom. The van der Waals surface area contributed by atoms with E-state index < -0.39 is 0 Å². The van der Waals surface area contributed by atoms with Crippen LogP contribution in [0.25, 0.3) is 0 Å². The Morgan fingerprint density at radius 1 is 1.20 bits per heavy atom. The van der Waals surface area contributed by atoms with Crippen molar-refractivity contribution < 1.29 is 0 Å². The molecule has 0 radical (unpaired) electrons. The number of benzene rings is 1. The van der Waals surface area contributed by atoms with Crippen LogP contribution in [0.1, 0.15) is 35.7 Å². The van der Waals surface area contributed by atoms with Crippen molar-refractivity contribution in [2.45, 2.75) is 32.6 Å². The van der Waals surface area contributed by atoms with Gasteiger partial charge in [-0.3, -0.25) is 0 Å². The van der Waals surface area contributed by atoms with E-state index >= 15 is 0 Å². The standard InChI is InChI=1S/C16H20N4/c1-10-5-4-6-13(9-10)20(3)16-11(2)14(17)18-15(19-16)12-7-8-12/h4-6,9,12H,7-8H2,1-3H3,(H2,17,18,19). The van der Waals surface area contributed by atoms with E-state index in [1.165, 1.54) is 18.4 Å². The molecule has 0 saturated heterocycles. The quantitative estimate of drug-likeness (QED) is 0.927. The van der Waals surface area contributed by atoms with Gasteiger partial charge in [-0.2, -0.15) is 0 Å². The highest BCUT2D eigenvalue weighted by Crippen LogP contribution is 2.40. The van der Waals surface area contributed by atoms with Gasteiger partial charge in [0, 0.05) is 24.2 Å². The summed E-state index contributed by atoms with van der Waals surface area (Å²) in [6.07, 6.45) is 2.35. The van der Waals surface area contributed by atoms with Gasteiger partial charge in [-0.05, 0) is 44.4 Å². The Bertz CT molecular complexity index is 647. The van der Waals surface area contributed by atoms with Gasteiger partial charge in [0.2, 0.25) is 0 Å². The lowest BCUT2D eigenvalue weighted by Crippen LogP contribution is -2.16. The smallest absolute Gasteiger partial charge is 0.141 e. The van der Waals surface area contributed by atoms with Crippen molar-refractivity contribution in [1.29, 1.82) is 0 Å². The lowest BCUT2D eigenvalue weighted by molar-refractivity contribution is 0.910. The molecule has 0 aliphatic heterocycles. The molecule has 1 aliphatic carbocycles. The van der Waals surface area contributed by atoms with Crippen LogP contribution < -0.4 is 10.6 Å². The molecule has 2 aromatic rings. The van der Waals surface area contributed by atoms with Gasteiger partial charge in [0.25, 0.3) is 0 Å². The van der Waals surface area contributed by atoms with E-state index in [0.717, 1.165) is 22.9 Å². The Kier molecular flexibility index (Phi) is 3.08. The second kappa shape index (κ2) is 4.78. The van der Waals surface area contributed by atoms with E-state index in [4.69, 9.17) is 10.7 Å². The van der Waals surface area contributed by atoms with E-state index in [2.05, 4.69) is 41.1 Å². The number of nitrogens with zero attached hydrogens (tertiary/aromatic N) is 3. The number of hydrogen-bond donors (Lipinski definition) is 1. The minimum absolute atomic E-state index is 0.502. The van der Waals surface area contributed by atoms with Gasteiger partial charge in [0.05, 0.1) is 0 Å². The van der Waals surface area contributed by atoms with Crippen molar-refractivity contribution in [3.8, 4) is 0 Å². The first-order valence-corrected chi connectivity index (χ1v) is 7.00. The summed E-state index contributed by atoms with van der Waals surface area (Å²) in [6, 6.07) is 8.38. The number of anilines is 3. The second-order valence-electron chi connectivity index (χ2n) is 5.59. The zero-order valence-corrected chi connectivity index (χ0v) is 12.2. The molecule has 4 nitrogen and oxygen atoms in total. The van der Waals surface area contributed by atoms with Crippen LogP contribution in [0.2, 0.25) is 0 Å².